The van der Waals surface area contributed by atoms with Crippen LogP contribution in [0.5, 0.6) is 5.75 Å². The fourth-order valence-electron chi connectivity index (χ4n) is 6.04. The highest BCUT2D eigenvalue weighted by Gasteiger charge is 2.24. The van der Waals surface area contributed by atoms with Crippen molar-refractivity contribution < 1.29 is 22.7 Å². The van der Waals surface area contributed by atoms with E-state index in [0.717, 1.165) is 53.6 Å². The van der Waals surface area contributed by atoms with Gasteiger partial charge >= 0.3 is 0 Å². The molecule has 0 radical (unpaired) electrons. The second kappa shape index (κ2) is 13.9. The third-order valence-electron chi connectivity index (χ3n) is 8.68. The summed E-state index contributed by atoms with van der Waals surface area (Å²) in [4.78, 5) is 28.1. The second-order valence-corrected chi connectivity index (χ2v) is 13.8. The Labute approximate surface area is 260 Å². The normalized spacial score (nSPS) is 16.8. The van der Waals surface area contributed by atoms with E-state index in [1.54, 1.807) is 19.2 Å². The molecule has 1 heterocycles. The number of nitrogens with zero attached hydrogens (tertiary/aromatic N) is 2. The van der Waals surface area contributed by atoms with Crippen molar-refractivity contribution in [1.29, 1.82) is 0 Å². The highest BCUT2D eigenvalue weighted by molar-refractivity contribution is 7.88. The maximum atomic E-state index is 13.1. The number of sulfonamides is 1. The van der Waals surface area contributed by atoms with Crippen LogP contribution in [0.4, 0.5) is 11.4 Å². The highest BCUT2D eigenvalue weighted by atomic mass is 32.2. The number of carbonyl (C=O) groups excluding carboxylic acids is 2. The molecule has 0 spiro atoms. The lowest BCUT2D eigenvalue weighted by atomic mass is 9.88. The van der Waals surface area contributed by atoms with E-state index in [0.29, 0.717) is 49.7 Å². The first-order valence-electron chi connectivity index (χ1n) is 15.3. The van der Waals surface area contributed by atoms with Crippen molar-refractivity contribution in [2.45, 2.75) is 45.6 Å². The van der Waals surface area contributed by atoms with Crippen LogP contribution in [0, 0.1) is 12.8 Å². The van der Waals surface area contributed by atoms with Crippen molar-refractivity contribution in [3.8, 4) is 16.9 Å². The predicted molar refractivity (Wildman–Crippen MR) is 174 cm³/mol. The van der Waals surface area contributed by atoms with Crippen molar-refractivity contribution in [3.63, 3.8) is 0 Å². The Morgan fingerprint density at radius 1 is 0.864 bits per heavy atom. The first-order chi connectivity index (χ1) is 21.1. The summed E-state index contributed by atoms with van der Waals surface area (Å²) >= 11 is 0. The fourth-order valence-corrected chi connectivity index (χ4v) is 6.86. The lowest BCUT2D eigenvalue weighted by Gasteiger charge is -2.33. The van der Waals surface area contributed by atoms with Crippen LogP contribution in [-0.4, -0.2) is 69.0 Å². The van der Waals surface area contributed by atoms with E-state index in [1.165, 1.54) is 17.0 Å². The Morgan fingerprint density at radius 3 is 2.18 bits per heavy atom. The molecule has 1 saturated carbocycles. The second-order valence-electron chi connectivity index (χ2n) is 11.9. The van der Waals surface area contributed by atoms with Crippen molar-refractivity contribution >= 4 is 33.2 Å². The van der Waals surface area contributed by atoms with E-state index in [1.807, 2.05) is 55.5 Å². The van der Waals surface area contributed by atoms with Crippen LogP contribution in [0.25, 0.3) is 11.1 Å². The molecule has 9 nitrogen and oxygen atoms in total. The minimum atomic E-state index is -3.18. The maximum absolute atomic E-state index is 13.1. The van der Waals surface area contributed by atoms with Gasteiger partial charge in [-0.05, 0) is 66.8 Å². The number of ether oxygens (including phenoxy) is 1. The minimum absolute atomic E-state index is 0.0901. The molecule has 0 atom stereocenters. The number of aryl methyl sites for hydroxylation is 1. The Kier molecular flexibility index (Phi) is 10.0. The SMILES string of the molecule is COc1cc(NC(=O)c2ccc(-c3cc(NC(=O)C4CCCCC4)ccc3C)cc2)ccc1CN1CCN(S(C)(=O)=O)CC1. The zero-order valence-electron chi connectivity index (χ0n) is 25.8. The van der Waals surface area contributed by atoms with Crippen LogP contribution in [0.1, 0.15) is 53.6 Å². The van der Waals surface area contributed by atoms with E-state index >= 15 is 0 Å². The van der Waals surface area contributed by atoms with Gasteiger partial charge in [-0.2, -0.15) is 4.31 Å². The largest absolute Gasteiger partial charge is 0.496 e. The van der Waals surface area contributed by atoms with Gasteiger partial charge in [0.15, 0.2) is 0 Å². The summed E-state index contributed by atoms with van der Waals surface area (Å²) in [5, 5.41) is 6.07. The standard InChI is InChI=1S/C34H42N4O5S/c1-24-9-15-29(35-33(39)26-7-5-4-6-8-26)21-31(24)25-10-12-27(13-11-25)34(40)36-30-16-14-28(32(22-30)43-2)23-37-17-19-38(20-18-37)44(3,41)42/h9-16,21-22,26H,4-8,17-20,23H2,1-3H3,(H,35,39)(H,36,40). The zero-order valence-corrected chi connectivity index (χ0v) is 26.6. The fraction of sp³-hybridized carbons (Fsp3) is 0.412. The molecule has 2 amide bonds. The quantitative estimate of drug-likeness (QED) is 0.327. The van der Waals surface area contributed by atoms with E-state index in [-0.39, 0.29) is 17.7 Å². The summed E-state index contributed by atoms with van der Waals surface area (Å²) in [6.45, 7) is 4.88. The molecule has 1 saturated heterocycles. The zero-order chi connectivity index (χ0) is 31.3. The molecule has 2 fully saturated rings. The lowest BCUT2D eigenvalue weighted by molar-refractivity contribution is -0.120. The number of piperazine rings is 1. The topological polar surface area (TPSA) is 108 Å². The van der Waals surface area contributed by atoms with Gasteiger partial charge in [-0.15, -0.1) is 0 Å². The Hall–Kier alpha value is -3.73. The molecule has 3 aromatic rings. The van der Waals surface area contributed by atoms with Crippen molar-refractivity contribution in [2.75, 3.05) is 50.2 Å². The van der Waals surface area contributed by atoms with Gasteiger partial charge in [0.25, 0.3) is 5.91 Å². The van der Waals surface area contributed by atoms with Crippen LogP contribution in [0.3, 0.4) is 0 Å². The number of benzene rings is 3. The average Bonchev–Trinajstić information content (AvgIpc) is 3.03. The summed E-state index contributed by atoms with van der Waals surface area (Å²) in [5.74, 6) is 0.624. The smallest absolute Gasteiger partial charge is 0.255 e. The lowest BCUT2D eigenvalue weighted by Crippen LogP contribution is -2.47. The van der Waals surface area contributed by atoms with Gasteiger partial charge in [0.05, 0.1) is 13.4 Å². The first-order valence-corrected chi connectivity index (χ1v) is 17.1. The van der Waals surface area contributed by atoms with Gasteiger partial charge in [-0.1, -0.05) is 43.5 Å². The van der Waals surface area contributed by atoms with E-state index in [9.17, 15) is 18.0 Å². The number of hydrogen-bond acceptors (Lipinski definition) is 6. The van der Waals surface area contributed by atoms with Crippen LogP contribution < -0.4 is 15.4 Å². The van der Waals surface area contributed by atoms with Crippen LogP contribution >= 0.6 is 0 Å². The average molecular weight is 619 g/mol. The first kappa shape index (κ1) is 31.7. The monoisotopic (exact) mass is 618 g/mol. The summed E-state index contributed by atoms with van der Waals surface area (Å²) in [5.41, 5.74) is 5.97. The van der Waals surface area contributed by atoms with Gasteiger partial charge in [-0.25, -0.2) is 8.42 Å². The molecule has 44 heavy (non-hydrogen) atoms. The summed E-state index contributed by atoms with van der Waals surface area (Å²) in [6, 6.07) is 19.0. The predicted octanol–water partition coefficient (Wildman–Crippen LogP) is 5.52. The third-order valence-corrected chi connectivity index (χ3v) is 9.98. The number of nitrogens with one attached hydrogen (secondary N) is 2. The Bertz CT molecular complexity index is 1590. The Morgan fingerprint density at radius 2 is 1.52 bits per heavy atom. The number of amides is 2. The van der Waals surface area contributed by atoms with Gasteiger partial charge in [-0.3, -0.25) is 14.5 Å². The third kappa shape index (κ3) is 7.85. The molecule has 0 bridgehead atoms. The molecule has 3 aromatic carbocycles. The molecule has 10 heteroatoms. The van der Waals surface area contributed by atoms with Gasteiger partial charge in [0, 0.05) is 67.2 Å². The number of carbonyl (C=O) groups is 2. The van der Waals surface area contributed by atoms with E-state index in [2.05, 4.69) is 15.5 Å². The molecule has 1 aliphatic carbocycles. The molecule has 234 valence electrons. The molecular weight excluding hydrogens is 576 g/mol. The molecule has 0 aromatic heterocycles. The molecule has 5 rings (SSSR count). The van der Waals surface area contributed by atoms with Crippen LogP contribution in [0.15, 0.2) is 60.7 Å². The summed E-state index contributed by atoms with van der Waals surface area (Å²) in [6.07, 6.45) is 6.60. The number of hydrogen-bond donors (Lipinski definition) is 2. The summed E-state index contributed by atoms with van der Waals surface area (Å²) in [7, 11) is -1.57. The van der Waals surface area contributed by atoms with Crippen molar-refractivity contribution in [3.05, 3.63) is 77.4 Å². The number of rotatable bonds is 9. The highest BCUT2D eigenvalue weighted by Crippen LogP contribution is 2.30. The van der Waals surface area contributed by atoms with Gasteiger partial charge in [0.2, 0.25) is 15.9 Å². The van der Waals surface area contributed by atoms with Crippen molar-refractivity contribution in [1.82, 2.24) is 9.21 Å². The number of methoxy groups -OCH3 is 1. The van der Waals surface area contributed by atoms with Gasteiger partial charge in [0.1, 0.15) is 5.75 Å². The maximum Gasteiger partial charge on any atom is 0.255 e. The van der Waals surface area contributed by atoms with Crippen LogP contribution in [-0.2, 0) is 21.4 Å². The minimum Gasteiger partial charge on any atom is -0.496 e. The van der Waals surface area contributed by atoms with E-state index < -0.39 is 10.0 Å². The molecule has 2 N–H and O–H groups in total. The molecule has 0 unspecified atom stereocenters. The van der Waals surface area contributed by atoms with E-state index in [4.69, 9.17) is 4.74 Å². The summed E-state index contributed by atoms with van der Waals surface area (Å²) < 4.78 is 30.7. The molecule has 2 aliphatic rings. The van der Waals surface area contributed by atoms with Crippen molar-refractivity contribution in [2.24, 2.45) is 5.92 Å². The number of anilines is 2. The van der Waals surface area contributed by atoms with Crippen LogP contribution in [0.2, 0.25) is 0 Å². The molecular formula is C34H42N4O5S. The Balaban J connectivity index is 1.21. The van der Waals surface area contributed by atoms with Gasteiger partial charge < -0.3 is 15.4 Å². The molecule has 1 aliphatic heterocycles.